The molecule has 1 aliphatic heterocycles. The average Bonchev–Trinajstić information content (AvgIpc) is 3.24. The molecule has 0 aromatic heterocycles. The molecule has 26 heavy (non-hydrogen) atoms. The van der Waals surface area contributed by atoms with Gasteiger partial charge >= 0.3 is 6.03 Å². The molecule has 6 nitrogen and oxygen atoms in total. The van der Waals surface area contributed by atoms with Crippen molar-refractivity contribution in [1.29, 1.82) is 0 Å². The highest BCUT2D eigenvalue weighted by molar-refractivity contribution is 7.89. The summed E-state index contributed by atoms with van der Waals surface area (Å²) in [6.45, 7) is 1.08. The Morgan fingerprint density at radius 2 is 1.88 bits per heavy atom. The van der Waals surface area contributed by atoms with E-state index in [1.807, 2.05) is 0 Å². The Kier molecular flexibility index (Phi) is 6.13. The first-order valence-electron chi connectivity index (χ1n) is 9.23. The number of sulfonamides is 1. The second-order valence-corrected chi connectivity index (χ2v) is 9.13. The van der Waals surface area contributed by atoms with Gasteiger partial charge in [0.15, 0.2) is 0 Å². The summed E-state index contributed by atoms with van der Waals surface area (Å²) in [6, 6.07) is 5.78. The zero-order valence-electron chi connectivity index (χ0n) is 14.8. The van der Waals surface area contributed by atoms with Crippen molar-refractivity contribution in [2.75, 3.05) is 25.4 Å². The molecule has 1 saturated heterocycles. The van der Waals surface area contributed by atoms with Gasteiger partial charge in [0.2, 0.25) is 10.0 Å². The van der Waals surface area contributed by atoms with E-state index < -0.39 is 10.0 Å². The SMILES string of the molecule is O=C(NCCN1CCCS1(=O)=O)N[C@@H](c1ccc(F)cc1)C1CCCC1. The molecule has 0 radical (unpaired) electrons. The van der Waals surface area contributed by atoms with Crippen molar-refractivity contribution in [3.8, 4) is 0 Å². The van der Waals surface area contributed by atoms with E-state index in [-0.39, 0.29) is 30.2 Å². The zero-order chi connectivity index (χ0) is 18.6. The molecular weight excluding hydrogens is 357 g/mol. The maximum Gasteiger partial charge on any atom is 0.315 e. The Morgan fingerprint density at radius 3 is 2.50 bits per heavy atom. The fourth-order valence-corrected chi connectivity index (χ4v) is 5.39. The third kappa shape index (κ3) is 4.73. The minimum atomic E-state index is -3.14. The minimum Gasteiger partial charge on any atom is -0.337 e. The van der Waals surface area contributed by atoms with Crippen LogP contribution in [0.5, 0.6) is 0 Å². The number of amides is 2. The molecule has 1 aromatic carbocycles. The summed E-state index contributed by atoms with van der Waals surface area (Å²) in [6.07, 6.45) is 4.99. The molecule has 1 atom stereocenters. The summed E-state index contributed by atoms with van der Waals surface area (Å²) < 4.78 is 38.2. The molecule has 2 fully saturated rings. The van der Waals surface area contributed by atoms with Crippen LogP contribution in [0.4, 0.5) is 9.18 Å². The van der Waals surface area contributed by atoms with E-state index in [1.54, 1.807) is 12.1 Å². The van der Waals surface area contributed by atoms with Crippen LogP contribution in [0.25, 0.3) is 0 Å². The summed E-state index contributed by atoms with van der Waals surface area (Å²) in [5.41, 5.74) is 0.899. The van der Waals surface area contributed by atoms with Crippen molar-refractivity contribution in [3.05, 3.63) is 35.6 Å². The minimum absolute atomic E-state index is 0.159. The lowest BCUT2D eigenvalue weighted by atomic mass is 9.92. The second-order valence-electron chi connectivity index (χ2n) is 7.04. The molecule has 1 aromatic rings. The number of hydrogen-bond acceptors (Lipinski definition) is 3. The molecule has 1 heterocycles. The second kappa shape index (κ2) is 8.35. The van der Waals surface area contributed by atoms with E-state index in [0.717, 1.165) is 31.2 Å². The maximum atomic E-state index is 13.2. The van der Waals surface area contributed by atoms with Crippen molar-refractivity contribution in [2.24, 2.45) is 5.92 Å². The number of benzene rings is 1. The topological polar surface area (TPSA) is 78.5 Å². The third-order valence-corrected chi connectivity index (χ3v) is 7.19. The Bertz CT molecular complexity index is 718. The van der Waals surface area contributed by atoms with Crippen LogP contribution in [0.15, 0.2) is 24.3 Å². The van der Waals surface area contributed by atoms with Gasteiger partial charge in [-0.3, -0.25) is 0 Å². The monoisotopic (exact) mass is 383 g/mol. The number of rotatable bonds is 6. The molecule has 2 amide bonds. The fraction of sp³-hybridized carbons (Fsp3) is 0.611. The standard InChI is InChI=1S/C18H26FN3O3S/c19-16-8-6-15(7-9-16)17(14-4-1-2-5-14)21-18(23)20-10-12-22-11-3-13-26(22,24)25/h6-9,14,17H,1-5,10-13H2,(H2,20,21,23)/t17-/m1/s1. The van der Waals surface area contributed by atoms with Crippen LogP contribution in [0.3, 0.4) is 0 Å². The van der Waals surface area contributed by atoms with Gasteiger partial charge in [-0.25, -0.2) is 21.9 Å². The van der Waals surface area contributed by atoms with Gasteiger partial charge in [0.1, 0.15) is 5.82 Å². The highest BCUT2D eigenvalue weighted by atomic mass is 32.2. The Hall–Kier alpha value is -1.67. The van der Waals surface area contributed by atoms with E-state index in [1.165, 1.54) is 16.4 Å². The van der Waals surface area contributed by atoms with Crippen LogP contribution in [0.2, 0.25) is 0 Å². The molecule has 0 unspecified atom stereocenters. The Morgan fingerprint density at radius 1 is 1.19 bits per heavy atom. The van der Waals surface area contributed by atoms with Gasteiger partial charge in [0.05, 0.1) is 11.8 Å². The normalized spacial score (nSPS) is 21.6. The zero-order valence-corrected chi connectivity index (χ0v) is 15.6. The van der Waals surface area contributed by atoms with E-state index in [2.05, 4.69) is 10.6 Å². The summed E-state index contributed by atoms with van der Waals surface area (Å²) in [4.78, 5) is 12.3. The van der Waals surface area contributed by atoms with E-state index in [9.17, 15) is 17.6 Å². The summed E-state index contributed by atoms with van der Waals surface area (Å²) in [7, 11) is -3.14. The van der Waals surface area contributed by atoms with E-state index >= 15 is 0 Å². The molecule has 1 saturated carbocycles. The van der Waals surface area contributed by atoms with Crippen LogP contribution in [0.1, 0.15) is 43.7 Å². The Labute approximate surface area is 154 Å². The predicted molar refractivity (Wildman–Crippen MR) is 97.6 cm³/mol. The van der Waals surface area contributed by atoms with Crippen molar-refractivity contribution >= 4 is 16.1 Å². The molecule has 2 aliphatic rings. The number of halogens is 1. The van der Waals surface area contributed by atoms with Crippen LogP contribution >= 0.6 is 0 Å². The van der Waals surface area contributed by atoms with Crippen LogP contribution in [0, 0.1) is 11.7 Å². The predicted octanol–water partition coefficient (Wildman–Crippen LogP) is 2.39. The van der Waals surface area contributed by atoms with Gasteiger partial charge in [-0.05, 0) is 42.9 Å². The first-order valence-corrected chi connectivity index (χ1v) is 10.8. The third-order valence-electron chi connectivity index (χ3n) is 5.24. The quantitative estimate of drug-likeness (QED) is 0.792. The van der Waals surface area contributed by atoms with Crippen molar-refractivity contribution < 1.29 is 17.6 Å². The highest BCUT2D eigenvalue weighted by Crippen LogP contribution is 2.35. The van der Waals surface area contributed by atoms with Crippen LogP contribution in [-0.4, -0.2) is 44.1 Å². The number of urea groups is 1. The molecule has 0 spiro atoms. The average molecular weight is 383 g/mol. The van der Waals surface area contributed by atoms with Gasteiger partial charge in [-0.2, -0.15) is 0 Å². The lowest BCUT2D eigenvalue weighted by Crippen LogP contribution is -2.43. The Balaban J connectivity index is 1.56. The van der Waals surface area contributed by atoms with E-state index in [4.69, 9.17) is 0 Å². The number of nitrogens with zero attached hydrogens (tertiary/aromatic N) is 1. The van der Waals surface area contributed by atoms with Crippen LogP contribution in [-0.2, 0) is 10.0 Å². The lowest BCUT2D eigenvalue weighted by Gasteiger charge is -2.25. The lowest BCUT2D eigenvalue weighted by molar-refractivity contribution is 0.230. The molecule has 8 heteroatoms. The summed E-state index contributed by atoms with van der Waals surface area (Å²) in [5, 5.41) is 5.75. The molecule has 1 aliphatic carbocycles. The molecule has 144 valence electrons. The molecular formula is C18H26FN3O3S. The van der Waals surface area contributed by atoms with Crippen molar-refractivity contribution in [3.63, 3.8) is 0 Å². The van der Waals surface area contributed by atoms with Gasteiger partial charge < -0.3 is 10.6 Å². The fourth-order valence-electron chi connectivity index (χ4n) is 3.86. The highest BCUT2D eigenvalue weighted by Gasteiger charge is 2.29. The van der Waals surface area contributed by atoms with E-state index in [0.29, 0.717) is 25.4 Å². The van der Waals surface area contributed by atoms with Gasteiger partial charge in [0, 0.05) is 19.6 Å². The maximum absolute atomic E-state index is 13.2. The molecule has 3 rings (SSSR count). The van der Waals surface area contributed by atoms with Gasteiger partial charge in [-0.1, -0.05) is 25.0 Å². The molecule has 2 N–H and O–H groups in total. The summed E-state index contributed by atoms with van der Waals surface area (Å²) >= 11 is 0. The van der Waals surface area contributed by atoms with Gasteiger partial charge in [-0.15, -0.1) is 0 Å². The number of hydrogen-bond donors (Lipinski definition) is 2. The van der Waals surface area contributed by atoms with Gasteiger partial charge in [0.25, 0.3) is 0 Å². The summed E-state index contributed by atoms with van der Waals surface area (Å²) in [5.74, 6) is 0.230. The van der Waals surface area contributed by atoms with Crippen molar-refractivity contribution in [2.45, 2.75) is 38.1 Å². The number of nitrogens with one attached hydrogen (secondary N) is 2. The largest absolute Gasteiger partial charge is 0.337 e. The smallest absolute Gasteiger partial charge is 0.315 e. The first-order chi connectivity index (χ1) is 12.5. The number of carbonyl (C=O) groups is 1. The molecule has 0 bridgehead atoms. The van der Waals surface area contributed by atoms with Crippen molar-refractivity contribution in [1.82, 2.24) is 14.9 Å². The van der Waals surface area contributed by atoms with Crippen LogP contribution < -0.4 is 10.6 Å². The first kappa shape index (κ1) is 19.1. The number of carbonyl (C=O) groups excluding carboxylic acids is 1.